The Morgan fingerprint density at radius 3 is 1.04 bits per heavy atom. The van der Waals surface area contributed by atoms with E-state index in [1.54, 1.807) is 48.5 Å². The molecule has 0 aromatic heterocycles. The van der Waals surface area contributed by atoms with Crippen LogP contribution in [0, 0.1) is 0 Å². The van der Waals surface area contributed by atoms with Gasteiger partial charge < -0.3 is 9.80 Å². The topological polar surface area (TPSA) is 74.8 Å². The summed E-state index contributed by atoms with van der Waals surface area (Å²) in [6, 6.07) is 13.1. The molecule has 2 aromatic rings. The molecule has 27 heavy (non-hydrogen) atoms. The summed E-state index contributed by atoms with van der Waals surface area (Å²) in [5.74, 6) is 0. The van der Waals surface area contributed by atoms with Gasteiger partial charge >= 0.3 is 0 Å². The van der Waals surface area contributed by atoms with Gasteiger partial charge in [0.1, 0.15) is 0 Å². The molecule has 2 rings (SSSR count). The van der Waals surface area contributed by atoms with Gasteiger partial charge in [0.25, 0.3) is 0 Å². The molecular weight excluding hydrogens is 384 g/mol. The second-order valence-corrected chi connectivity index (χ2v) is 11.6. The number of rotatable bonds is 6. The van der Waals surface area contributed by atoms with Gasteiger partial charge in [-0.1, -0.05) is 24.3 Å². The first-order chi connectivity index (χ1) is 12.3. The van der Waals surface area contributed by atoms with E-state index in [2.05, 4.69) is 0 Å². The van der Waals surface area contributed by atoms with Crippen LogP contribution in [-0.2, 0) is 23.8 Å². The molecule has 0 aliphatic rings. The Bertz CT molecular complexity index is 923. The largest absolute Gasteiger partial charge is 0.378 e. The summed E-state index contributed by atoms with van der Waals surface area (Å²) in [5, 5.41) is 0. The molecule has 8 heteroatoms. The molecule has 0 unspecified atom stereocenters. The van der Waals surface area contributed by atoms with Crippen LogP contribution in [-0.4, -0.2) is 57.5 Å². The Morgan fingerprint density at radius 1 is 0.593 bits per heavy atom. The van der Waals surface area contributed by atoms with E-state index in [1.165, 1.54) is 0 Å². The maximum Gasteiger partial charge on any atom is 0.222 e. The van der Waals surface area contributed by atoms with Crippen molar-refractivity contribution in [3.05, 3.63) is 59.7 Å². The number of nitrogens with zero attached hydrogens (tertiary/aromatic N) is 2. The summed E-state index contributed by atoms with van der Waals surface area (Å²) >= 11 is 0. The zero-order valence-corrected chi connectivity index (χ0v) is 18.1. The van der Waals surface area contributed by atoms with Crippen LogP contribution in [0.15, 0.2) is 48.5 Å². The molecule has 0 atom stereocenters. The van der Waals surface area contributed by atoms with Crippen molar-refractivity contribution in [2.45, 2.75) is 4.08 Å². The zero-order chi connectivity index (χ0) is 20.6. The van der Waals surface area contributed by atoms with Gasteiger partial charge in [0.15, 0.2) is 19.7 Å². The van der Waals surface area contributed by atoms with Gasteiger partial charge in [0.05, 0.1) is 0 Å². The number of sulfone groups is 2. The predicted molar refractivity (Wildman–Crippen MR) is 112 cm³/mol. The van der Waals surface area contributed by atoms with Gasteiger partial charge in [-0.3, -0.25) is 0 Å². The Kier molecular flexibility index (Phi) is 5.64. The third-order valence-corrected chi connectivity index (χ3v) is 9.42. The van der Waals surface area contributed by atoms with Gasteiger partial charge in [-0.15, -0.1) is 0 Å². The number of benzene rings is 2. The van der Waals surface area contributed by atoms with Crippen LogP contribution >= 0.6 is 0 Å². The fourth-order valence-electron chi connectivity index (χ4n) is 3.26. The Balaban J connectivity index is 2.87. The predicted octanol–water partition coefficient (Wildman–Crippen LogP) is 2.11. The highest BCUT2D eigenvalue weighted by Gasteiger charge is 2.53. The van der Waals surface area contributed by atoms with Crippen molar-refractivity contribution in [1.29, 1.82) is 0 Å². The van der Waals surface area contributed by atoms with E-state index in [9.17, 15) is 16.8 Å². The molecule has 2 aromatic carbocycles. The van der Waals surface area contributed by atoms with Crippen LogP contribution in [0.3, 0.4) is 0 Å². The molecule has 0 aliphatic carbocycles. The summed E-state index contributed by atoms with van der Waals surface area (Å²) in [6.45, 7) is 0. The summed E-state index contributed by atoms with van der Waals surface area (Å²) in [5.41, 5.74) is 2.10. The smallest absolute Gasteiger partial charge is 0.222 e. The number of hydrogen-bond donors (Lipinski definition) is 0. The average molecular weight is 411 g/mol. The molecule has 0 amide bonds. The molecule has 0 heterocycles. The molecule has 0 N–H and O–H groups in total. The van der Waals surface area contributed by atoms with Crippen molar-refractivity contribution in [2.24, 2.45) is 0 Å². The lowest BCUT2D eigenvalue weighted by Gasteiger charge is -2.32. The molecule has 0 aliphatic heterocycles. The van der Waals surface area contributed by atoms with Crippen molar-refractivity contribution in [3.8, 4) is 0 Å². The first kappa shape index (κ1) is 21.2. The molecule has 0 radical (unpaired) electrons. The van der Waals surface area contributed by atoms with E-state index in [0.717, 1.165) is 23.9 Å². The first-order valence-electron chi connectivity index (χ1n) is 8.27. The fourth-order valence-corrected chi connectivity index (χ4v) is 7.71. The van der Waals surface area contributed by atoms with Gasteiger partial charge in [-0.2, -0.15) is 0 Å². The molecule has 0 saturated heterocycles. The van der Waals surface area contributed by atoms with Gasteiger partial charge in [0, 0.05) is 52.1 Å². The maximum atomic E-state index is 12.9. The molecule has 0 saturated carbocycles. The fraction of sp³-hybridized carbons (Fsp3) is 0.368. The van der Waals surface area contributed by atoms with E-state index in [4.69, 9.17) is 0 Å². The van der Waals surface area contributed by atoms with E-state index in [1.807, 2.05) is 38.0 Å². The van der Waals surface area contributed by atoms with Crippen molar-refractivity contribution >= 4 is 31.0 Å². The van der Waals surface area contributed by atoms with Crippen molar-refractivity contribution in [3.63, 3.8) is 0 Å². The molecule has 148 valence electrons. The molecule has 0 bridgehead atoms. The van der Waals surface area contributed by atoms with E-state index in [0.29, 0.717) is 0 Å². The Hall–Kier alpha value is -2.06. The highest BCUT2D eigenvalue weighted by Crippen LogP contribution is 2.43. The van der Waals surface area contributed by atoms with E-state index in [-0.39, 0.29) is 11.1 Å². The summed E-state index contributed by atoms with van der Waals surface area (Å²) < 4.78 is 49.6. The lowest BCUT2D eigenvalue weighted by atomic mass is 10.0. The maximum absolute atomic E-state index is 12.9. The Morgan fingerprint density at radius 2 is 0.852 bits per heavy atom. The quantitative estimate of drug-likeness (QED) is 0.726. The third-order valence-electron chi connectivity index (χ3n) is 4.57. The van der Waals surface area contributed by atoms with Crippen molar-refractivity contribution in [1.82, 2.24) is 0 Å². The first-order valence-corrected chi connectivity index (χ1v) is 12.1. The molecule has 0 spiro atoms. The van der Waals surface area contributed by atoms with Crippen LogP contribution in [0.25, 0.3) is 0 Å². The van der Waals surface area contributed by atoms with Gasteiger partial charge in [0.2, 0.25) is 4.08 Å². The minimum atomic E-state index is -4.07. The lowest BCUT2D eigenvalue weighted by Crippen LogP contribution is -2.43. The third kappa shape index (κ3) is 3.68. The molecule has 6 nitrogen and oxygen atoms in total. The lowest BCUT2D eigenvalue weighted by molar-refractivity contribution is 0.566. The van der Waals surface area contributed by atoms with Crippen LogP contribution < -0.4 is 9.80 Å². The van der Waals surface area contributed by atoms with Crippen LogP contribution in [0.1, 0.15) is 11.1 Å². The van der Waals surface area contributed by atoms with E-state index < -0.39 is 23.8 Å². The highest BCUT2D eigenvalue weighted by atomic mass is 32.3. The van der Waals surface area contributed by atoms with Crippen molar-refractivity contribution in [2.75, 3.05) is 50.5 Å². The highest BCUT2D eigenvalue weighted by molar-refractivity contribution is 8.09. The second kappa shape index (κ2) is 7.16. The molecule has 0 fully saturated rings. The number of hydrogen-bond acceptors (Lipinski definition) is 6. The van der Waals surface area contributed by atoms with Crippen LogP contribution in [0.2, 0.25) is 0 Å². The zero-order valence-electron chi connectivity index (χ0n) is 16.5. The van der Waals surface area contributed by atoms with E-state index >= 15 is 0 Å². The monoisotopic (exact) mass is 410 g/mol. The SMILES string of the molecule is CN(C)c1ccc(C(c2ccc(N(C)C)cc2)(S(C)(=O)=O)S(C)(=O)=O)cc1. The number of anilines is 2. The molecular formula is C19H26N2O4S2. The standard InChI is InChI=1S/C19H26N2O4S2/c1-20(2)17-11-7-15(8-12-17)19(26(5,22)23,27(6,24)25)16-9-13-18(14-10-16)21(3)4/h7-14H,1-6H3. The minimum absolute atomic E-state index is 0.204. The van der Waals surface area contributed by atoms with Crippen molar-refractivity contribution < 1.29 is 16.8 Å². The minimum Gasteiger partial charge on any atom is -0.378 e. The van der Waals surface area contributed by atoms with Crippen LogP contribution in [0.4, 0.5) is 11.4 Å². The van der Waals surface area contributed by atoms with Gasteiger partial charge in [-0.25, -0.2) is 16.8 Å². The average Bonchev–Trinajstić information content (AvgIpc) is 2.53. The summed E-state index contributed by atoms with van der Waals surface area (Å²) in [6.07, 6.45) is 1.93. The Labute approximate surface area is 162 Å². The summed E-state index contributed by atoms with van der Waals surface area (Å²) in [4.78, 5) is 3.72. The van der Waals surface area contributed by atoms with Crippen LogP contribution in [0.5, 0.6) is 0 Å². The van der Waals surface area contributed by atoms with Gasteiger partial charge in [-0.05, 0) is 35.4 Å². The summed E-state index contributed by atoms with van der Waals surface area (Å²) in [7, 11) is -0.717. The second-order valence-electron chi connectivity index (χ2n) is 7.04. The normalized spacial score (nSPS) is 12.7.